The second kappa shape index (κ2) is 6.16. The van der Waals surface area contributed by atoms with Crippen LogP contribution in [0, 0.1) is 5.92 Å². The number of carbonyl (C=O) groups is 1. The Bertz CT molecular complexity index is 529. The van der Waals surface area contributed by atoms with E-state index in [1.165, 1.54) is 0 Å². The number of benzene rings is 1. The molecule has 0 saturated carbocycles. The average molecular weight is 289 g/mol. The van der Waals surface area contributed by atoms with E-state index in [1.807, 2.05) is 12.1 Å². The summed E-state index contributed by atoms with van der Waals surface area (Å²) in [4.78, 5) is 11.6. The number of anilines is 1. The van der Waals surface area contributed by atoms with Crippen LogP contribution in [0.15, 0.2) is 18.2 Å². The van der Waals surface area contributed by atoms with Crippen molar-refractivity contribution in [2.24, 2.45) is 5.92 Å². The molecule has 0 aliphatic carbocycles. The second-order valence-electron chi connectivity index (χ2n) is 6.03. The predicted molar refractivity (Wildman–Crippen MR) is 81.1 cm³/mol. The highest BCUT2D eigenvalue weighted by Crippen LogP contribution is 2.36. The molecule has 1 aromatic rings. The Morgan fingerprint density at radius 2 is 2.29 bits per heavy atom. The van der Waals surface area contributed by atoms with Crippen LogP contribution in [0.5, 0.6) is 0 Å². The zero-order valence-corrected chi connectivity index (χ0v) is 12.5. The van der Waals surface area contributed by atoms with Crippen LogP contribution in [0.4, 0.5) is 5.69 Å². The van der Waals surface area contributed by atoms with E-state index in [1.54, 1.807) is 0 Å². The van der Waals surface area contributed by atoms with Crippen molar-refractivity contribution in [1.29, 1.82) is 0 Å². The molecule has 114 valence electrons. The number of nitrogens with one attached hydrogen (secondary N) is 1. The van der Waals surface area contributed by atoms with Gasteiger partial charge in [-0.1, -0.05) is 19.1 Å². The molecule has 0 spiro atoms. The molecule has 4 heteroatoms. The maximum absolute atomic E-state index is 11.6. The average Bonchev–Trinajstić information content (AvgIpc) is 2.88. The number of hydrogen-bond acceptors (Lipinski definition) is 3. The van der Waals surface area contributed by atoms with Crippen molar-refractivity contribution in [3.63, 3.8) is 0 Å². The van der Waals surface area contributed by atoms with Gasteiger partial charge in [0.15, 0.2) is 0 Å². The quantitative estimate of drug-likeness (QED) is 0.899. The first kappa shape index (κ1) is 14.5. The number of ether oxygens (including phenoxy) is 1. The molecule has 1 aromatic carbocycles. The first-order chi connectivity index (χ1) is 10.2. The number of aryl methyl sites for hydroxylation is 1. The highest BCUT2D eigenvalue weighted by Gasteiger charge is 2.33. The lowest BCUT2D eigenvalue weighted by molar-refractivity contribution is -0.116. The molecule has 21 heavy (non-hydrogen) atoms. The minimum Gasteiger partial charge on any atom is -0.388 e. The van der Waals surface area contributed by atoms with Gasteiger partial charge in [0.1, 0.15) is 0 Å². The van der Waals surface area contributed by atoms with Crippen LogP contribution in [-0.2, 0) is 16.0 Å². The minimum atomic E-state index is -0.485. The van der Waals surface area contributed by atoms with Crippen LogP contribution in [0.1, 0.15) is 49.8 Å². The molecule has 2 N–H and O–H groups in total. The number of aliphatic hydroxyl groups is 1. The third-order valence-electron chi connectivity index (χ3n) is 4.66. The molecule has 1 amide bonds. The summed E-state index contributed by atoms with van der Waals surface area (Å²) >= 11 is 0. The Morgan fingerprint density at radius 1 is 1.43 bits per heavy atom. The van der Waals surface area contributed by atoms with Crippen molar-refractivity contribution >= 4 is 11.6 Å². The lowest BCUT2D eigenvalue weighted by Crippen LogP contribution is -2.22. The molecule has 1 saturated heterocycles. The fourth-order valence-corrected chi connectivity index (χ4v) is 3.47. The van der Waals surface area contributed by atoms with Gasteiger partial charge in [0, 0.05) is 24.6 Å². The van der Waals surface area contributed by atoms with E-state index in [0.717, 1.165) is 49.1 Å². The van der Waals surface area contributed by atoms with Gasteiger partial charge in [-0.25, -0.2) is 0 Å². The van der Waals surface area contributed by atoms with E-state index < -0.39 is 6.10 Å². The van der Waals surface area contributed by atoms with Crippen molar-refractivity contribution in [3.05, 3.63) is 29.3 Å². The van der Waals surface area contributed by atoms with Crippen LogP contribution in [0.3, 0.4) is 0 Å². The molecule has 4 nitrogen and oxygen atoms in total. The predicted octanol–water partition coefficient (Wildman–Crippen LogP) is 2.81. The molecule has 0 radical (unpaired) electrons. The Morgan fingerprint density at radius 3 is 3.10 bits per heavy atom. The Balaban J connectivity index is 1.83. The third kappa shape index (κ3) is 2.97. The number of hydrogen-bond donors (Lipinski definition) is 2. The first-order valence-electron chi connectivity index (χ1n) is 7.91. The van der Waals surface area contributed by atoms with Crippen LogP contribution < -0.4 is 5.32 Å². The van der Waals surface area contributed by atoms with Crippen molar-refractivity contribution in [2.45, 2.75) is 51.2 Å². The first-order valence-corrected chi connectivity index (χ1v) is 7.91. The number of amides is 1. The molecule has 0 bridgehead atoms. The van der Waals surface area contributed by atoms with E-state index in [0.29, 0.717) is 6.42 Å². The molecule has 3 rings (SSSR count). The van der Waals surface area contributed by atoms with E-state index in [2.05, 4.69) is 18.3 Å². The van der Waals surface area contributed by atoms with E-state index in [9.17, 15) is 9.90 Å². The van der Waals surface area contributed by atoms with E-state index in [4.69, 9.17) is 4.74 Å². The van der Waals surface area contributed by atoms with Gasteiger partial charge in [0.25, 0.3) is 0 Å². The van der Waals surface area contributed by atoms with Gasteiger partial charge in [-0.05, 0) is 42.9 Å². The molecule has 0 aromatic heterocycles. The van der Waals surface area contributed by atoms with Gasteiger partial charge in [-0.3, -0.25) is 4.79 Å². The molecule has 2 aliphatic heterocycles. The van der Waals surface area contributed by atoms with Crippen molar-refractivity contribution in [2.75, 3.05) is 11.9 Å². The van der Waals surface area contributed by atoms with Crippen molar-refractivity contribution in [1.82, 2.24) is 0 Å². The lowest BCUT2D eigenvalue weighted by Gasteiger charge is -2.24. The molecule has 3 atom stereocenters. The number of carbonyl (C=O) groups excluding carboxylic acids is 1. The summed E-state index contributed by atoms with van der Waals surface area (Å²) in [5, 5.41) is 13.6. The SMILES string of the molecule is CCC1OCCC1C(O)c1ccc2c(c1)CCCC(=O)N2. The smallest absolute Gasteiger partial charge is 0.224 e. The van der Waals surface area contributed by atoms with E-state index in [-0.39, 0.29) is 17.9 Å². The zero-order chi connectivity index (χ0) is 14.8. The Hall–Kier alpha value is -1.39. The van der Waals surface area contributed by atoms with Crippen LogP contribution in [0.2, 0.25) is 0 Å². The monoisotopic (exact) mass is 289 g/mol. The van der Waals surface area contributed by atoms with Crippen LogP contribution >= 0.6 is 0 Å². The highest BCUT2D eigenvalue weighted by molar-refractivity contribution is 5.92. The van der Waals surface area contributed by atoms with Crippen molar-refractivity contribution in [3.8, 4) is 0 Å². The van der Waals surface area contributed by atoms with Gasteiger partial charge >= 0.3 is 0 Å². The summed E-state index contributed by atoms with van der Waals surface area (Å²) in [5.41, 5.74) is 2.96. The summed E-state index contributed by atoms with van der Waals surface area (Å²) < 4.78 is 5.69. The molecular formula is C17H23NO3. The molecule has 2 aliphatic rings. The van der Waals surface area contributed by atoms with Gasteiger partial charge in [0.05, 0.1) is 12.2 Å². The van der Waals surface area contributed by atoms with Gasteiger partial charge in [-0.2, -0.15) is 0 Å². The maximum Gasteiger partial charge on any atom is 0.224 e. The fourth-order valence-electron chi connectivity index (χ4n) is 3.47. The minimum absolute atomic E-state index is 0.0808. The topological polar surface area (TPSA) is 58.6 Å². The summed E-state index contributed by atoms with van der Waals surface area (Å²) in [6, 6.07) is 5.91. The number of rotatable bonds is 3. The van der Waals surface area contributed by atoms with Gasteiger partial charge in [-0.15, -0.1) is 0 Å². The van der Waals surface area contributed by atoms with Gasteiger partial charge < -0.3 is 15.2 Å². The lowest BCUT2D eigenvalue weighted by atomic mass is 9.88. The molecule has 3 unspecified atom stereocenters. The highest BCUT2D eigenvalue weighted by atomic mass is 16.5. The summed E-state index contributed by atoms with van der Waals surface area (Å²) in [7, 11) is 0. The normalized spacial score (nSPS) is 26.9. The van der Waals surface area contributed by atoms with Crippen molar-refractivity contribution < 1.29 is 14.6 Å². The van der Waals surface area contributed by atoms with E-state index >= 15 is 0 Å². The molecule has 1 fully saturated rings. The number of fused-ring (bicyclic) bond motifs is 1. The number of aliphatic hydroxyl groups excluding tert-OH is 1. The summed E-state index contributed by atoms with van der Waals surface area (Å²) in [5.74, 6) is 0.255. The van der Waals surface area contributed by atoms with Crippen LogP contribution in [-0.4, -0.2) is 23.7 Å². The van der Waals surface area contributed by atoms with Gasteiger partial charge in [0.2, 0.25) is 5.91 Å². The third-order valence-corrected chi connectivity index (χ3v) is 4.66. The molecule has 2 heterocycles. The summed E-state index contributed by atoms with van der Waals surface area (Å²) in [6.07, 6.45) is 3.83. The fraction of sp³-hybridized carbons (Fsp3) is 0.588. The largest absolute Gasteiger partial charge is 0.388 e. The second-order valence-corrected chi connectivity index (χ2v) is 6.03. The zero-order valence-electron chi connectivity index (χ0n) is 12.5. The standard InChI is InChI=1S/C17H23NO3/c1-2-15-13(8-9-21-15)17(20)12-6-7-14-11(10-12)4-3-5-16(19)18-14/h6-7,10,13,15,17,20H,2-5,8-9H2,1H3,(H,18,19). The van der Waals surface area contributed by atoms with Crippen LogP contribution in [0.25, 0.3) is 0 Å². The Labute approximate surface area is 125 Å². The Kier molecular flexibility index (Phi) is 4.27. The summed E-state index contributed by atoms with van der Waals surface area (Å²) in [6.45, 7) is 2.84. The maximum atomic E-state index is 11.6. The molecular weight excluding hydrogens is 266 g/mol.